The molecule has 0 spiro atoms. The Bertz CT molecular complexity index is 893. The number of hydrogen-bond acceptors (Lipinski definition) is 7. The van der Waals surface area contributed by atoms with Crippen molar-refractivity contribution in [3.05, 3.63) is 23.4 Å². The molecule has 5 rings (SSSR count). The Balaban J connectivity index is 1.22. The first-order valence-electron chi connectivity index (χ1n) is 10.8. The Morgan fingerprint density at radius 1 is 1.20 bits per heavy atom. The monoisotopic (exact) mass is 430 g/mol. The molecule has 3 aliphatic rings. The predicted octanol–water partition coefficient (Wildman–Crippen LogP) is 3.74. The van der Waals surface area contributed by atoms with E-state index < -0.39 is 6.04 Å². The van der Waals surface area contributed by atoms with E-state index in [9.17, 15) is 9.59 Å². The number of thiophene rings is 1. The standard InChI is InChI=1S/C21H26N4O4S/c26-20(28-12-17-23-24-19(29-17)16-7-4-10-30-16)18-13-8-9-15(11-13)25(18)21(27)22-14-5-2-1-3-6-14/h4,7,10,13-15,18H,1-3,5-6,8-9,11-12H2,(H,22,27)/t13-,15-,18-/m0/s1. The minimum atomic E-state index is -0.521. The molecule has 2 aromatic heterocycles. The van der Waals surface area contributed by atoms with Crippen LogP contribution in [0.1, 0.15) is 57.3 Å². The average molecular weight is 431 g/mol. The smallest absolute Gasteiger partial charge is 0.329 e. The van der Waals surface area contributed by atoms with Crippen molar-refractivity contribution in [3.8, 4) is 10.8 Å². The van der Waals surface area contributed by atoms with Gasteiger partial charge in [0.1, 0.15) is 6.04 Å². The van der Waals surface area contributed by atoms with Gasteiger partial charge in [-0.05, 0) is 49.5 Å². The van der Waals surface area contributed by atoms with Crippen molar-refractivity contribution in [1.82, 2.24) is 20.4 Å². The van der Waals surface area contributed by atoms with Crippen LogP contribution in [0.15, 0.2) is 21.9 Å². The van der Waals surface area contributed by atoms with Crippen molar-refractivity contribution < 1.29 is 18.7 Å². The number of hydrogen-bond donors (Lipinski definition) is 1. The van der Waals surface area contributed by atoms with E-state index in [1.807, 2.05) is 17.5 Å². The van der Waals surface area contributed by atoms with Crippen molar-refractivity contribution >= 4 is 23.3 Å². The van der Waals surface area contributed by atoms with Crippen LogP contribution in [0.3, 0.4) is 0 Å². The molecular weight excluding hydrogens is 404 g/mol. The summed E-state index contributed by atoms with van der Waals surface area (Å²) in [6, 6.07) is 3.51. The molecular formula is C21H26N4O4S. The summed E-state index contributed by atoms with van der Waals surface area (Å²) in [5.41, 5.74) is 0. The molecule has 2 saturated carbocycles. The molecule has 1 aliphatic heterocycles. The van der Waals surface area contributed by atoms with Gasteiger partial charge in [0.2, 0.25) is 0 Å². The molecule has 2 aromatic rings. The van der Waals surface area contributed by atoms with E-state index in [1.54, 1.807) is 4.90 Å². The Kier molecular flexibility index (Phi) is 5.45. The molecule has 0 radical (unpaired) electrons. The third kappa shape index (κ3) is 3.82. The number of ether oxygens (including phenoxy) is 1. The fourth-order valence-electron chi connectivity index (χ4n) is 5.11. The average Bonchev–Trinajstić information content (AvgIpc) is 3.56. The van der Waals surface area contributed by atoms with Crippen molar-refractivity contribution in [1.29, 1.82) is 0 Å². The lowest BCUT2D eigenvalue weighted by molar-refractivity contribution is -0.152. The second-order valence-corrected chi connectivity index (χ2v) is 9.40. The van der Waals surface area contributed by atoms with E-state index >= 15 is 0 Å². The topological polar surface area (TPSA) is 97.6 Å². The molecule has 3 heterocycles. The van der Waals surface area contributed by atoms with E-state index in [-0.39, 0.29) is 42.5 Å². The van der Waals surface area contributed by atoms with Crippen LogP contribution in [0.2, 0.25) is 0 Å². The maximum absolute atomic E-state index is 13.0. The highest BCUT2D eigenvalue weighted by molar-refractivity contribution is 7.13. The summed E-state index contributed by atoms with van der Waals surface area (Å²) in [7, 11) is 0. The minimum Gasteiger partial charge on any atom is -0.454 e. The van der Waals surface area contributed by atoms with Gasteiger partial charge >= 0.3 is 12.0 Å². The van der Waals surface area contributed by atoms with Gasteiger partial charge in [-0.3, -0.25) is 0 Å². The second-order valence-electron chi connectivity index (χ2n) is 8.45. The number of aromatic nitrogens is 2. The summed E-state index contributed by atoms with van der Waals surface area (Å²) in [4.78, 5) is 28.5. The molecule has 160 valence electrons. The van der Waals surface area contributed by atoms with Gasteiger partial charge in [-0.25, -0.2) is 9.59 Å². The fraction of sp³-hybridized carbons (Fsp3) is 0.619. The SMILES string of the molecule is O=C(OCc1nnc(-c2cccs2)o1)[C@@H]1[C@H]2CC[C@@H](C2)N1C(=O)NC1CCCCC1. The summed E-state index contributed by atoms with van der Waals surface area (Å²) < 4.78 is 11.1. The van der Waals surface area contributed by atoms with Crippen molar-refractivity contribution in [2.24, 2.45) is 5.92 Å². The van der Waals surface area contributed by atoms with Gasteiger partial charge in [0, 0.05) is 12.1 Å². The molecule has 0 unspecified atom stereocenters. The van der Waals surface area contributed by atoms with Gasteiger partial charge < -0.3 is 19.4 Å². The number of fused-ring (bicyclic) bond motifs is 2. The molecule has 30 heavy (non-hydrogen) atoms. The van der Waals surface area contributed by atoms with Crippen molar-refractivity contribution in [2.75, 3.05) is 0 Å². The number of rotatable bonds is 5. The number of esters is 1. The molecule has 0 aromatic carbocycles. The maximum atomic E-state index is 13.0. The summed E-state index contributed by atoms with van der Waals surface area (Å²) in [5, 5.41) is 13.1. The highest BCUT2D eigenvalue weighted by Crippen LogP contribution is 2.43. The first-order chi connectivity index (χ1) is 14.7. The first kappa shape index (κ1) is 19.5. The lowest BCUT2D eigenvalue weighted by atomic mass is 9.95. The van der Waals surface area contributed by atoms with Crippen LogP contribution in [-0.4, -0.2) is 45.2 Å². The van der Waals surface area contributed by atoms with Crippen LogP contribution in [0, 0.1) is 5.92 Å². The quantitative estimate of drug-likeness (QED) is 0.726. The lowest BCUT2D eigenvalue weighted by Crippen LogP contribution is -2.55. The number of nitrogens with zero attached hydrogens (tertiary/aromatic N) is 3. The third-order valence-electron chi connectivity index (χ3n) is 6.53. The van der Waals surface area contributed by atoms with Crippen LogP contribution >= 0.6 is 11.3 Å². The molecule has 2 bridgehead atoms. The number of piperidine rings is 1. The Morgan fingerprint density at radius 3 is 2.87 bits per heavy atom. The second kappa shape index (κ2) is 8.37. The minimum absolute atomic E-state index is 0.0802. The number of urea groups is 1. The molecule has 2 amide bonds. The Hall–Kier alpha value is -2.42. The van der Waals surface area contributed by atoms with Crippen LogP contribution in [0.5, 0.6) is 0 Å². The van der Waals surface area contributed by atoms with Crippen LogP contribution < -0.4 is 5.32 Å². The van der Waals surface area contributed by atoms with E-state index in [0.717, 1.165) is 49.8 Å². The Morgan fingerprint density at radius 2 is 2.07 bits per heavy atom. The normalized spacial score (nSPS) is 26.1. The number of carbonyl (C=O) groups excluding carboxylic acids is 2. The van der Waals surface area contributed by atoms with Gasteiger partial charge in [0.05, 0.1) is 4.88 Å². The van der Waals surface area contributed by atoms with E-state index in [2.05, 4.69) is 15.5 Å². The van der Waals surface area contributed by atoms with Gasteiger partial charge in [0.25, 0.3) is 11.8 Å². The number of nitrogens with one attached hydrogen (secondary N) is 1. The van der Waals surface area contributed by atoms with E-state index in [4.69, 9.17) is 9.15 Å². The van der Waals surface area contributed by atoms with Gasteiger partial charge in [-0.15, -0.1) is 21.5 Å². The van der Waals surface area contributed by atoms with Crippen molar-refractivity contribution in [2.45, 2.75) is 76.1 Å². The highest BCUT2D eigenvalue weighted by atomic mass is 32.1. The summed E-state index contributed by atoms with van der Waals surface area (Å²) in [6.45, 7) is -0.0802. The zero-order valence-electron chi connectivity index (χ0n) is 16.8. The molecule has 3 fully saturated rings. The molecule has 3 atom stereocenters. The highest BCUT2D eigenvalue weighted by Gasteiger charge is 2.52. The number of likely N-dealkylation sites (tertiary alicyclic amines) is 1. The molecule has 1 saturated heterocycles. The zero-order chi connectivity index (χ0) is 20.5. The molecule has 9 heteroatoms. The van der Waals surface area contributed by atoms with Crippen LogP contribution in [0.25, 0.3) is 10.8 Å². The summed E-state index contributed by atoms with van der Waals surface area (Å²) >= 11 is 1.50. The zero-order valence-corrected chi connectivity index (χ0v) is 17.6. The van der Waals surface area contributed by atoms with Crippen molar-refractivity contribution in [3.63, 3.8) is 0 Å². The summed E-state index contributed by atoms with van der Waals surface area (Å²) in [6.07, 6.45) is 8.38. The largest absolute Gasteiger partial charge is 0.454 e. The Labute approximate surface area is 179 Å². The summed E-state index contributed by atoms with van der Waals surface area (Å²) in [5.74, 6) is 0.471. The lowest BCUT2D eigenvalue weighted by Gasteiger charge is -2.35. The molecule has 1 N–H and O–H groups in total. The van der Waals surface area contributed by atoms with E-state index in [1.165, 1.54) is 17.8 Å². The van der Waals surface area contributed by atoms with Gasteiger partial charge in [-0.2, -0.15) is 0 Å². The van der Waals surface area contributed by atoms with Crippen LogP contribution in [-0.2, 0) is 16.1 Å². The third-order valence-corrected chi connectivity index (χ3v) is 7.39. The van der Waals surface area contributed by atoms with Crippen LogP contribution in [0.4, 0.5) is 4.79 Å². The number of amides is 2. The predicted molar refractivity (Wildman–Crippen MR) is 110 cm³/mol. The molecule has 2 aliphatic carbocycles. The first-order valence-corrected chi connectivity index (χ1v) is 11.7. The van der Waals surface area contributed by atoms with E-state index in [0.29, 0.717) is 5.89 Å². The number of carbonyl (C=O) groups is 2. The fourth-order valence-corrected chi connectivity index (χ4v) is 5.75. The van der Waals surface area contributed by atoms with Gasteiger partial charge in [0.15, 0.2) is 6.61 Å². The van der Waals surface area contributed by atoms with Gasteiger partial charge in [-0.1, -0.05) is 25.3 Å². The molecule has 8 nitrogen and oxygen atoms in total. The maximum Gasteiger partial charge on any atom is 0.329 e.